The molecule has 0 unspecified atom stereocenters. The van der Waals surface area contributed by atoms with Gasteiger partial charge in [0.25, 0.3) is 5.91 Å². The Labute approximate surface area is 94.9 Å². The third kappa shape index (κ3) is 3.36. The molecule has 0 saturated carbocycles. The fourth-order valence-corrected chi connectivity index (χ4v) is 1.03. The maximum Gasteiger partial charge on any atom is 0.268 e. The van der Waals surface area contributed by atoms with E-state index >= 15 is 0 Å². The zero-order valence-corrected chi connectivity index (χ0v) is 9.87. The van der Waals surface area contributed by atoms with Crippen molar-refractivity contribution in [2.75, 3.05) is 0 Å². The number of nitrogens with one attached hydrogen (secondary N) is 1. The van der Waals surface area contributed by atoms with Gasteiger partial charge in [0, 0.05) is 0 Å². The van der Waals surface area contributed by atoms with Crippen LogP contribution in [0.4, 0.5) is 0 Å². The molecule has 0 aliphatic heterocycles. The Morgan fingerprint density at radius 3 is 2.88 bits per heavy atom. The minimum Gasteiger partial charge on any atom is -0.466 e. The Morgan fingerprint density at radius 2 is 2.31 bits per heavy atom. The summed E-state index contributed by atoms with van der Waals surface area (Å²) in [6.07, 6.45) is 2.27. The molecular formula is C11H18N2O3. The van der Waals surface area contributed by atoms with Crippen LogP contribution in [0.25, 0.3) is 0 Å². The van der Waals surface area contributed by atoms with Gasteiger partial charge in [-0.2, -0.15) is 0 Å². The molecule has 0 aliphatic rings. The van der Waals surface area contributed by atoms with Crippen molar-refractivity contribution in [1.29, 1.82) is 0 Å². The number of hydrogen-bond acceptors (Lipinski definition) is 4. The molecule has 0 fully saturated rings. The molecule has 0 aromatic carbocycles. The molecule has 3 N–H and O–H groups in total. The number of carbonyl (C=O) groups excluding carboxylic acids is 1. The third-order valence-corrected chi connectivity index (χ3v) is 2.50. The smallest absolute Gasteiger partial charge is 0.268 e. The molecule has 1 rings (SSSR count). The van der Waals surface area contributed by atoms with Crippen molar-refractivity contribution in [3.8, 4) is 0 Å². The summed E-state index contributed by atoms with van der Waals surface area (Å²) in [6.45, 7) is 6.40. The summed E-state index contributed by atoms with van der Waals surface area (Å²) >= 11 is 0. The maximum atomic E-state index is 11.1. The maximum absolute atomic E-state index is 11.1. The molecule has 0 saturated heterocycles. The Kier molecular flexibility index (Phi) is 4.09. The number of hydrogen-bond donors (Lipinski definition) is 2. The van der Waals surface area contributed by atoms with Crippen molar-refractivity contribution in [2.45, 2.75) is 39.4 Å². The minimum absolute atomic E-state index is 0.191. The zero-order chi connectivity index (χ0) is 12.2. The van der Waals surface area contributed by atoms with Gasteiger partial charge in [0.2, 0.25) is 0 Å². The monoisotopic (exact) mass is 226 g/mol. The summed E-state index contributed by atoms with van der Waals surface area (Å²) < 4.78 is 10.8. The number of nitrogen functional groups attached to an aromatic ring is 1. The van der Waals surface area contributed by atoms with Crippen LogP contribution in [0.2, 0.25) is 0 Å². The van der Waals surface area contributed by atoms with E-state index in [1.165, 1.54) is 6.26 Å². The van der Waals surface area contributed by atoms with E-state index in [-0.39, 0.29) is 11.5 Å². The summed E-state index contributed by atoms with van der Waals surface area (Å²) in [5, 5.41) is 0. The molecule has 5 heteroatoms. The molecule has 1 aromatic heterocycles. The van der Waals surface area contributed by atoms with Crippen LogP contribution in [-0.4, -0.2) is 11.5 Å². The number of nitrogens with two attached hydrogens (primary N) is 1. The third-order valence-electron chi connectivity index (χ3n) is 2.50. The van der Waals surface area contributed by atoms with Crippen molar-refractivity contribution in [2.24, 2.45) is 5.84 Å². The topological polar surface area (TPSA) is 77.5 Å². The first-order valence-electron chi connectivity index (χ1n) is 5.21. The Hall–Kier alpha value is -1.33. The number of amides is 1. The van der Waals surface area contributed by atoms with Crippen molar-refractivity contribution < 1.29 is 13.9 Å². The number of hydrazine groups is 1. The van der Waals surface area contributed by atoms with Gasteiger partial charge < -0.3 is 9.15 Å². The van der Waals surface area contributed by atoms with E-state index in [4.69, 9.17) is 15.0 Å². The summed E-state index contributed by atoms with van der Waals surface area (Å²) in [4.78, 5) is 11.1. The van der Waals surface area contributed by atoms with Gasteiger partial charge in [0.15, 0.2) is 0 Å². The second kappa shape index (κ2) is 5.14. The number of rotatable bonds is 5. The fourth-order valence-electron chi connectivity index (χ4n) is 1.03. The molecule has 0 atom stereocenters. The van der Waals surface area contributed by atoms with Crippen LogP contribution in [-0.2, 0) is 11.3 Å². The van der Waals surface area contributed by atoms with Gasteiger partial charge >= 0.3 is 0 Å². The highest BCUT2D eigenvalue weighted by molar-refractivity contribution is 5.93. The number of carbonyl (C=O) groups is 1. The highest BCUT2D eigenvalue weighted by Crippen LogP contribution is 2.17. The van der Waals surface area contributed by atoms with Crippen LogP contribution in [0.3, 0.4) is 0 Å². The average Bonchev–Trinajstić information content (AvgIpc) is 2.74. The molecular weight excluding hydrogens is 208 g/mol. The van der Waals surface area contributed by atoms with Crippen LogP contribution in [0.15, 0.2) is 16.7 Å². The lowest BCUT2D eigenvalue weighted by atomic mass is 10.1. The molecule has 1 amide bonds. The molecule has 90 valence electrons. The highest BCUT2D eigenvalue weighted by Gasteiger charge is 2.17. The number of furan rings is 1. The van der Waals surface area contributed by atoms with Gasteiger partial charge in [-0.15, -0.1) is 0 Å². The predicted molar refractivity (Wildman–Crippen MR) is 59.5 cm³/mol. The normalized spacial score (nSPS) is 11.5. The molecule has 0 radical (unpaired) electrons. The molecule has 0 bridgehead atoms. The first kappa shape index (κ1) is 12.7. The van der Waals surface area contributed by atoms with E-state index in [2.05, 4.69) is 6.92 Å². The molecule has 1 heterocycles. The van der Waals surface area contributed by atoms with Crippen molar-refractivity contribution >= 4 is 5.91 Å². The second-order valence-corrected chi connectivity index (χ2v) is 4.18. The van der Waals surface area contributed by atoms with Crippen molar-refractivity contribution in [1.82, 2.24) is 5.43 Å². The summed E-state index contributed by atoms with van der Waals surface area (Å²) in [6, 6.07) is 1.62. The van der Waals surface area contributed by atoms with E-state index in [9.17, 15) is 4.79 Å². The minimum atomic E-state index is -0.371. The predicted octanol–water partition coefficient (Wildman–Crippen LogP) is 1.59. The quantitative estimate of drug-likeness (QED) is 0.454. The van der Waals surface area contributed by atoms with Crippen LogP contribution in [0, 0.1) is 0 Å². The Morgan fingerprint density at radius 1 is 1.62 bits per heavy atom. The standard InChI is InChI=1S/C11H18N2O3/c1-4-11(2,3)16-7-9-5-8(6-15-9)10(14)13-12/h5-6H,4,7,12H2,1-3H3,(H,13,14). The fraction of sp³-hybridized carbons (Fsp3) is 0.545. The lowest BCUT2D eigenvalue weighted by molar-refractivity contribution is -0.0383. The average molecular weight is 226 g/mol. The molecule has 1 aromatic rings. The Bertz CT molecular complexity index is 358. The van der Waals surface area contributed by atoms with Gasteiger partial charge in [0.05, 0.1) is 11.2 Å². The largest absolute Gasteiger partial charge is 0.466 e. The van der Waals surface area contributed by atoms with Gasteiger partial charge in [-0.1, -0.05) is 6.92 Å². The molecule has 5 nitrogen and oxygen atoms in total. The van der Waals surface area contributed by atoms with E-state index in [1.54, 1.807) is 6.07 Å². The summed E-state index contributed by atoms with van der Waals surface area (Å²) in [5.74, 6) is 5.25. The van der Waals surface area contributed by atoms with Gasteiger partial charge in [-0.25, -0.2) is 5.84 Å². The van der Waals surface area contributed by atoms with Crippen molar-refractivity contribution in [3.63, 3.8) is 0 Å². The van der Waals surface area contributed by atoms with Crippen LogP contribution in [0.5, 0.6) is 0 Å². The summed E-state index contributed by atoms with van der Waals surface area (Å²) in [5.41, 5.74) is 2.25. The molecule has 0 spiro atoms. The first-order valence-corrected chi connectivity index (χ1v) is 5.21. The SMILES string of the molecule is CCC(C)(C)OCc1cc(C(=O)NN)co1. The highest BCUT2D eigenvalue weighted by atomic mass is 16.5. The zero-order valence-electron chi connectivity index (χ0n) is 9.87. The van der Waals surface area contributed by atoms with Gasteiger partial charge in [-0.3, -0.25) is 10.2 Å². The Balaban J connectivity index is 2.56. The van der Waals surface area contributed by atoms with E-state index in [1.807, 2.05) is 19.3 Å². The second-order valence-electron chi connectivity index (χ2n) is 4.18. The molecule has 16 heavy (non-hydrogen) atoms. The molecule has 0 aliphatic carbocycles. The van der Waals surface area contributed by atoms with Crippen LogP contribution in [0.1, 0.15) is 43.3 Å². The summed E-state index contributed by atoms with van der Waals surface area (Å²) in [7, 11) is 0. The van der Waals surface area contributed by atoms with E-state index in [0.717, 1.165) is 6.42 Å². The lowest BCUT2D eigenvalue weighted by Crippen LogP contribution is -2.29. The van der Waals surface area contributed by atoms with Crippen LogP contribution < -0.4 is 11.3 Å². The van der Waals surface area contributed by atoms with Gasteiger partial charge in [-0.05, 0) is 26.3 Å². The lowest BCUT2D eigenvalue weighted by Gasteiger charge is -2.22. The first-order chi connectivity index (χ1) is 7.48. The van der Waals surface area contributed by atoms with Crippen LogP contribution >= 0.6 is 0 Å². The number of ether oxygens (including phenoxy) is 1. The van der Waals surface area contributed by atoms with E-state index < -0.39 is 0 Å². The van der Waals surface area contributed by atoms with Gasteiger partial charge in [0.1, 0.15) is 18.6 Å². The van der Waals surface area contributed by atoms with Crippen molar-refractivity contribution in [3.05, 3.63) is 23.7 Å². The van der Waals surface area contributed by atoms with E-state index in [0.29, 0.717) is 17.9 Å².